The van der Waals surface area contributed by atoms with E-state index in [2.05, 4.69) is 22.2 Å². The number of nitrogens with one attached hydrogen (secondary N) is 2. The maximum Gasteiger partial charge on any atom is 0.251 e. The standard InChI is InChI=1S/C22H23N3O2S/c1-16(18-10-6-3-7-11-18)28-22-24-19(15-21(27)25-22)14-20(26)23-13-12-17-8-4-2-5-9-17/h2-11,15-16H,12-14H2,1H3,(H,23,26)(H,24,25,27). The number of aromatic nitrogens is 2. The summed E-state index contributed by atoms with van der Waals surface area (Å²) in [7, 11) is 0. The molecule has 0 fully saturated rings. The number of carbonyl (C=O) groups excluding carboxylic acids is 1. The molecule has 1 aromatic heterocycles. The van der Waals surface area contributed by atoms with E-state index in [0.29, 0.717) is 17.4 Å². The number of rotatable bonds is 8. The first kappa shape index (κ1) is 19.9. The van der Waals surface area contributed by atoms with Crippen LogP contribution in [-0.2, 0) is 17.6 Å². The Hall–Kier alpha value is -2.86. The van der Waals surface area contributed by atoms with Crippen LogP contribution in [0.4, 0.5) is 0 Å². The van der Waals surface area contributed by atoms with Crippen molar-refractivity contribution in [3.8, 4) is 0 Å². The lowest BCUT2D eigenvalue weighted by molar-refractivity contribution is -0.120. The summed E-state index contributed by atoms with van der Waals surface area (Å²) in [6, 6.07) is 21.4. The van der Waals surface area contributed by atoms with Crippen molar-refractivity contribution < 1.29 is 4.79 Å². The molecule has 3 aromatic rings. The summed E-state index contributed by atoms with van der Waals surface area (Å²) >= 11 is 1.47. The topological polar surface area (TPSA) is 74.8 Å². The molecule has 0 aliphatic rings. The molecule has 2 N–H and O–H groups in total. The summed E-state index contributed by atoms with van der Waals surface area (Å²) in [6.45, 7) is 2.61. The second-order valence-corrected chi connectivity index (χ2v) is 7.80. The van der Waals surface area contributed by atoms with Gasteiger partial charge in [-0.2, -0.15) is 0 Å². The minimum Gasteiger partial charge on any atom is -0.355 e. The van der Waals surface area contributed by atoms with Gasteiger partial charge in [-0.1, -0.05) is 72.4 Å². The predicted octanol–water partition coefficient (Wildman–Crippen LogP) is 3.52. The summed E-state index contributed by atoms with van der Waals surface area (Å²) in [4.78, 5) is 31.4. The van der Waals surface area contributed by atoms with E-state index in [1.54, 1.807) is 0 Å². The van der Waals surface area contributed by atoms with Crippen LogP contribution in [0.1, 0.15) is 29.0 Å². The number of amides is 1. The molecule has 1 atom stereocenters. The molecule has 28 heavy (non-hydrogen) atoms. The average Bonchev–Trinajstić information content (AvgIpc) is 2.69. The monoisotopic (exact) mass is 393 g/mol. The highest BCUT2D eigenvalue weighted by atomic mass is 32.2. The van der Waals surface area contributed by atoms with Crippen molar-refractivity contribution in [1.29, 1.82) is 0 Å². The highest BCUT2D eigenvalue weighted by Gasteiger charge is 2.12. The van der Waals surface area contributed by atoms with Gasteiger partial charge in [-0.05, 0) is 24.5 Å². The first-order valence-electron chi connectivity index (χ1n) is 9.22. The number of thioether (sulfide) groups is 1. The van der Waals surface area contributed by atoms with Gasteiger partial charge < -0.3 is 10.3 Å². The molecule has 5 nitrogen and oxygen atoms in total. The van der Waals surface area contributed by atoms with Gasteiger partial charge >= 0.3 is 0 Å². The third kappa shape index (κ3) is 6.09. The zero-order valence-corrected chi connectivity index (χ0v) is 16.5. The molecule has 0 aliphatic heterocycles. The number of nitrogens with zero attached hydrogens (tertiary/aromatic N) is 1. The van der Waals surface area contributed by atoms with Gasteiger partial charge in [0.25, 0.3) is 5.56 Å². The van der Waals surface area contributed by atoms with Gasteiger partial charge in [0.15, 0.2) is 5.16 Å². The summed E-state index contributed by atoms with van der Waals surface area (Å²) in [6.07, 6.45) is 0.858. The highest BCUT2D eigenvalue weighted by molar-refractivity contribution is 7.99. The van der Waals surface area contributed by atoms with Crippen LogP contribution in [0.5, 0.6) is 0 Å². The third-order valence-electron chi connectivity index (χ3n) is 4.25. The van der Waals surface area contributed by atoms with Gasteiger partial charge in [0.05, 0.1) is 12.1 Å². The molecule has 0 saturated carbocycles. The second kappa shape index (κ2) is 9.90. The largest absolute Gasteiger partial charge is 0.355 e. The number of hydrogen-bond donors (Lipinski definition) is 2. The first-order chi connectivity index (χ1) is 13.6. The van der Waals surface area contributed by atoms with Crippen LogP contribution < -0.4 is 10.9 Å². The molecule has 0 spiro atoms. The van der Waals surface area contributed by atoms with E-state index >= 15 is 0 Å². The number of benzene rings is 2. The molecule has 0 aliphatic carbocycles. The zero-order valence-electron chi connectivity index (χ0n) is 15.7. The average molecular weight is 394 g/mol. The van der Waals surface area contributed by atoms with E-state index in [9.17, 15) is 9.59 Å². The van der Waals surface area contributed by atoms with Crippen molar-refractivity contribution >= 4 is 17.7 Å². The Labute approximate surface area is 168 Å². The van der Waals surface area contributed by atoms with Gasteiger partial charge in [-0.25, -0.2) is 4.98 Å². The van der Waals surface area contributed by atoms with E-state index in [0.717, 1.165) is 12.0 Å². The number of H-pyrrole nitrogens is 1. The fourth-order valence-corrected chi connectivity index (χ4v) is 3.76. The van der Waals surface area contributed by atoms with Crippen LogP contribution in [0.15, 0.2) is 76.7 Å². The Kier molecular flexibility index (Phi) is 7.03. The normalized spacial score (nSPS) is 11.8. The van der Waals surface area contributed by atoms with Crippen molar-refractivity contribution in [3.63, 3.8) is 0 Å². The fraction of sp³-hybridized carbons (Fsp3) is 0.227. The first-order valence-corrected chi connectivity index (χ1v) is 10.1. The van der Waals surface area contributed by atoms with Crippen LogP contribution in [0.25, 0.3) is 0 Å². The second-order valence-electron chi connectivity index (χ2n) is 6.47. The molecular weight excluding hydrogens is 370 g/mol. The van der Waals surface area contributed by atoms with E-state index in [1.165, 1.54) is 23.4 Å². The van der Waals surface area contributed by atoms with Gasteiger partial charge in [0, 0.05) is 17.9 Å². The van der Waals surface area contributed by atoms with Crippen molar-refractivity contribution in [2.24, 2.45) is 0 Å². The smallest absolute Gasteiger partial charge is 0.251 e. The fourth-order valence-electron chi connectivity index (χ4n) is 2.81. The molecule has 1 unspecified atom stereocenters. The molecule has 3 rings (SSSR count). The van der Waals surface area contributed by atoms with Gasteiger partial charge in [-0.15, -0.1) is 0 Å². The maximum absolute atomic E-state index is 12.2. The number of hydrogen-bond acceptors (Lipinski definition) is 4. The summed E-state index contributed by atoms with van der Waals surface area (Å²) in [5, 5.41) is 3.55. The van der Waals surface area contributed by atoms with Gasteiger partial charge in [0.2, 0.25) is 5.91 Å². The quantitative estimate of drug-likeness (QED) is 0.454. The SMILES string of the molecule is CC(Sc1nc(CC(=O)NCCc2ccccc2)cc(=O)[nH]1)c1ccccc1. The van der Waals surface area contributed by atoms with E-state index in [-0.39, 0.29) is 23.1 Å². The molecule has 2 aromatic carbocycles. The van der Waals surface area contributed by atoms with Crippen molar-refractivity contribution in [1.82, 2.24) is 15.3 Å². The van der Waals surface area contributed by atoms with Crippen LogP contribution in [-0.4, -0.2) is 22.4 Å². The lowest BCUT2D eigenvalue weighted by Gasteiger charge is -2.11. The summed E-state index contributed by atoms with van der Waals surface area (Å²) < 4.78 is 0. The van der Waals surface area contributed by atoms with Gasteiger partial charge in [0.1, 0.15) is 0 Å². The minimum absolute atomic E-state index is 0.0893. The van der Waals surface area contributed by atoms with Crippen LogP contribution in [0, 0.1) is 0 Å². The van der Waals surface area contributed by atoms with Gasteiger partial charge in [-0.3, -0.25) is 9.59 Å². The number of aromatic amines is 1. The predicted molar refractivity (Wildman–Crippen MR) is 112 cm³/mol. The number of carbonyl (C=O) groups is 1. The Morgan fingerprint density at radius 1 is 1.11 bits per heavy atom. The highest BCUT2D eigenvalue weighted by Crippen LogP contribution is 2.31. The Balaban J connectivity index is 1.56. The Bertz CT molecular complexity index is 958. The third-order valence-corrected chi connectivity index (χ3v) is 5.29. The molecule has 0 bridgehead atoms. The van der Waals surface area contributed by atoms with Crippen molar-refractivity contribution in [3.05, 3.63) is 93.9 Å². The molecule has 144 valence electrons. The molecular formula is C22H23N3O2S. The van der Waals surface area contributed by atoms with Crippen molar-refractivity contribution in [2.45, 2.75) is 30.2 Å². The van der Waals surface area contributed by atoms with E-state index < -0.39 is 0 Å². The van der Waals surface area contributed by atoms with Crippen LogP contribution >= 0.6 is 11.8 Å². The molecule has 6 heteroatoms. The zero-order chi connectivity index (χ0) is 19.8. The maximum atomic E-state index is 12.2. The summed E-state index contributed by atoms with van der Waals surface area (Å²) in [5.74, 6) is -0.138. The van der Waals surface area contributed by atoms with E-state index in [1.807, 2.05) is 60.7 Å². The summed E-state index contributed by atoms with van der Waals surface area (Å²) in [5.41, 5.74) is 2.55. The lowest BCUT2D eigenvalue weighted by Crippen LogP contribution is -2.28. The molecule has 1 amide bonds. The van der Waals surface area contributed by atoms with Crippen molar-refractivity contribution in [2.75, 3.05) is 6.54 Å². The van der Waals surface area contributed by atoms with Crippen LogP contribution in [0.3, 0.4) is 0 Å². The molecule has 1 heterocycles. The Morgan fingerprint density at radius 3 is 2.50 bits per heavy atom. The van der Waals surface area contributed by atoms with Crippen LogP contribution in [0.2, 0.25) is 0 Å². The lowest BCUT2D eigenvalue weighted by atomic mass is 10.1. The minimum atomic E-state index is -0.246. The molecule has 0 saturated heterocycles. The Morgan fingerprint density at radius 2 is 1.79 bits per heavy atom. The van der Waals surface area contributed by atoms with E-state index in [4.69, 9.17) is 0 Å². The molecule has 0 radical (unpaired) electrons.